The lowest BCUT2D eigenvalue weighted by Gasteiger charge is -2.36. The zero-order valence-corrected chi connectivity index (χ0v) is 28.2. The van der Waals surface area contributed by atoms with E-state index in [-0.39, 0.29) is 12.1 Å². The van der Waals surface area contributed by atoms with Gasteiger partial charge in [-0.2, -0.15) is 13.2 Å². The summed E-state index contributed by atoms with van der Waals surface area (Å²) in [6.07, 6.45) is 0.264. The van der Waals surface area contributed by atoms with Crippen molar-refractivity contribution in [3.05, 3.63) is 144 Å². The molecular formula is C40H46F3N3O4. The number of carboxylic acids is 1. The summed E-state index contributed by atoms with van der Waals surface area (Å²) in [6, 6.07) is 40.0. The maximum atomic E-state index is 13.1. The summed E-state index contributed by atoms with van der Waals surface area (Å²) in [7, 11) is 0. The molecule has 266 valence electrons. The molecule has 0 aromatic heterocycles. The van der Waals surface area contributed by atoms with Crippen molar-refractivity contribution in [3.8, 4) is 0 Å². The van der Waals surface area contributed by atoms with Crippen LogP contribution in [-0.2, 0) is 23.5 Å². The quantitative estimate of drug-likeness (QED) is 0.121. The molecule has 10 heteroatoms. The first-order valence-corrected chi connectivity index (χ1v) is 17.0. The number of halogens is 3. The van der Waals surface area contributed by atoms with E-state index in [1.165, 1.54) is 11.1 Å². The van der Waals surface area contributed by atoms with Gasteiger partial charge in [0.25, 0.3) is 0 Å². The molecule has 50 heavy (non-hydrogen) atoms. The Bertz CT molecular complexity index is 1500. The first kappa shape index (κ1) is 38.1. The molecule has 1 aliphatic carbocycles. The SMILES string of the molecule is C[C@@H](NC(=O)NC1CCC(CCN(Cc2ccccc2)Cc2ccccc2)CC1)C(O)(c1ccccc1)c1ccccc1.O=C(O)C(F)(F)F. The third-order valence-electron chi connectivity index (χ3n) is 9.18. The second-order valence-corrected chi connectivity index (χ2v) is 12.8. The minimum atomic E-state index is -5.08. The fraction of sp³-hybridized carbons (Fsp3) is 0.350. The normalized spacial score (nSPS) is 16.8. The molecule has 4 aromatic carbocycles. The Morgan fingerprint density at radius 2 is 1.14 bits per heavy atom. The van der Waals surface area contributed by atoms with Crippen LogP contribution in [0.1, 0.15) is 61.3 Å². The van der Waals surface area contributed by atoms with Crippen molar-refractivity contribution in [2.45, 2.75) is 76.0 Å². The summed E-state index contributed by atoms with van der Waals surface area (Å²) >= 11 is 0. The average molecular weight is 690 g/mol. The van der Waals surface area contributed by atoms with E-state index in [0.29, 0.717) is 5.92 Å². The van der Waals surface area contributed by atoms with Gasteiger partial charge in [-0.25, -0.2) is 9.59 Å². The number of aliphatic carboxylic acids is 1. The number of hydrogen-bond acceptors (Lipinski definition) is 4. The van der Waals surface area contributed by atoms with Crippen LogP contribution < -0.4 is 10.6 Å². The van der Waals surface area contributed by atoms with Crippen molar-refractivity contribution in [2.24, 2.45) is 5.92 Å². The van der Waals surface area contributed by atoms with E-state index in [2.05, 4.69) is 76.2 Å². The molecule has 1 aliphatic rings. The maximum Gasteiger partial charge on any atom is 0.490 e. The number of carbonyl (C=O) groups is 2. The van der Waals surface area contributed by atoms with Gasteiger partial charge in [-0.3, -0.25) is 4.90 Å². The molecule has 1 saturated carbocycles. The van der Waals surface area contributed by atoms with Crippen LogP contribution >= 0.6 is 0 Å². The smallest absolute Gasteiger partial charge is 0.475 e. The maximum absolute atomic E-state index is 13.1. The summed E-state index contributed by atoms with van der Waals surface area (Å²) in [5.41, 5.74) is 2.85. The van der Waals surface area contributed by atoms with Crippen molar-refractivity contribution < 1.29 is 33.0 Å². The van der Waals surface area contributed by atoms with Gasteiger partial charge in [0.05, 0.1) is 6.04 Å². The lowest BCUT2D eigenvalue weighted by atomic mass is 9.81. The lowest BCUT2D eigenvalue weighted by molar-refractivity contribution is -0.192. The van der Waals surface area contributed by atoms with Gasteiger partial charge >= 0.3 is 18.2 Å². The number of amides is 2. The zero-order valence-electron chi connectivity index (χ0n) is 28.2. The van der Waals surface area contributed by atoms with E-state index in [4.69, 9.17) is 9.90 Å². The number of rotatable bonds is 12. The van der Waals surface area contributed by atoms with Crippen LogP contribution in [0.4, 0.5) is 18.0 Å². The van der Waals surface area contributed by atoms with Gasteiger partial charge in [0.2, 0.25) is 0 Å². The van der Waals surface area contributed by atoms with Gasteiger partial charge in [0, 0.05) is 19.1 Å². The Kier molecular flexibility index (Phi) is 14.0. The molecule has 7 nitrogen and oxygen atoms in total. The molecule has 0 aliphatic heterocycles. The molecule has 4 N–H and O–H groups in total. The molecule has 2 amide bonds. The van der Waals surface area contributed by atoms with E-state index in [0.717, 1.165) is 62.9 Å². The number of urea groups is 1. The molecule has 0 bridgehead atoms. The summed E-state index contributed by atoms with van der Waals surface area (Å²) in [6.45, 7) is 4.82. The van der Waals surface area contributed by atoms with E-state index in [9.17, 15) is 23.1 Å². The van der Waals surface area contributed by atoms with Crippen LogP contribution in [0.15, 0.2) is 121 Å². The molecule has 0 heterocycles. The third kappa shape index (κ3) is 11.5. The van der Waals surface area contributed by atoms with E-state index in [1.807, 2.05) is 67.6 Å². The molecule has 4 aromatic rings. The summed E-state index contributed by atoms with van der Waals surface area (Å²) in [5, 5.41) is 25.3. The van der Waals surface area contributed by atoms with Crippen LogP contribution in [0, 0.1) is 5.92 Å². The van der Waals surface area contributed by atoms with Crippen molar-refractivity contribution in [2.75, 3.05) is 6.54 Å². The standard InChI is InChI=1S/C38H45N3O2.C2HF3O2/c1-30(38(43,34-18-10-4-11-19-34)35-20-12-5-13-21-35)39-37(42)40-36-24-22-31(23-25-36)26-27-41(28-32-14-6-2-7-15-32)29-33-16-8-3-9-17-33;3-2(4,5)1(6)7/h2-21,30-31,36,43H,22-29H2,1H3,(H2,39,40,42);(H,6,7)/t30-,31?,36?;/m1./s1. The topological polar surface area (TPSA) is 102 Å². The zero-order chi connectivity index (χ0) is 36.0. The molecule has 0 unspecified atom stereocenters. The second kappa shape index (κ2) is 18.4. The second-order valence-electron chi connectivity index (χ2n) is 12.8. The highest BCUT2D eigenvalue weighted by molar-refractivity contribution is 5.75. The molecule has 0 saturated heterocycles. The number of nitrogens with zero attached hydrogens (tertiary/aromatic N) is 1. The highest BCUT2D eigenvalue weighted by Gasteiger charge is 2.39. The predicted octanol–water partition coefficient (Wildman–Crippen LogP) is 7.89. The van der Waals surface area contributed by atoms with Crippen LogP contribution in [0.25, 0.3) is 0 Å². The third-order valence-corrected chi connectivity index (χ3v) is 9.18. The van der Waals surface area contributed by atoms with E-state index >= 15 is 0 Å². The molecule has 1 atom stereocenters. The van der Waals surface area contributed by atoms with Gasteiger partial charge in [0.1, 0.15) is 5.60 Å². The summed E-state index contributed by atoms with van der Waals surface area (Å²) < 4.78 is 31.7. The molecule has 5 rings (SSSR count). The van der Waals surface area contributed by atoms with Crippen LogP contribution in [-0.4, -0.2) is 51.9 Å². The predicted molar refractivity (Wildman–Crippen MR) is 188 cm³/mol. The first-order valence-electron chi connectivity index (χ1n) is 17.0. The molecular weight excluding hydrogens is 643 g/mol. The lowest BCUT2D eigenvalue weighted by Crippen LogP contribution is -2.54. The molecule has 1 fully saturated rings. The Balaban J connectivity index is 0.000000727. The number of hydrogen-bond donors (Lipinski definition) is 4. The highest BCUT2D eigenvalue weighted by Crippen LogP contribution is 2.33. The van der Waals surface area contributed by atoms with Crippen molar-refractivity contribution >= 4 is 12.0 Å². The Morgan fingerprint density at radius 1 is 0.740 bits per heavy atom. The fourth-order valence-electron chi connectivity index (χ4n) is 6.44. The van der Waals surface area contributed by atoms with Gasteiger partial charge in [-0.15, -0.1) is 0 Å². The van der Waals surface area contributed by atoms with Crippen LogP contribution in [0.5, 0.6) is 0 Å². The Labute approximate surface area is 292 Å². The van der Waals surface area contributed by atoms with E-state index in [1.54, 1.807) is 0 Å². The van der Waals surface area contributed by atoms with Crippen LogP contribution in [0.3, 0.4) is 0 Å². The van der Waals surface area contributed by atoms with Crippen LogP contribution in [0.2, 0.25) is 0 Å². The number of aliphatic hydroxyl groups is 1. The number of nitrogens with one attached hydrogen (secondary N) is 2. The van der Waals surface area contributed by atoms with Crippen molar-refractivity contribution in [1.82, 2.24) is 15.5 Å². The molecule has 0 spiro atoms. The summed E-state index contributed by atoms with van der Waals surface area (Å²) in [5.74, 6) is -2.09. The molecule has 0 radical (unpaired) electrons. The number of benzene rings is 4. The fourth-order valence-corrected chi connectivity index (χ4v) is 6.44. The van der Waals surface area contributed by atoms with Gasteiger partial charge in [-0.1, -0.05) is 121 Å². The summed E-state index contributed by atoms with van der Waals surface area (Å²) in [4.78, 5) is 24.6. The highest BCUT2D eigenvalue weighted by atomic mass is 19.4. The van der Waals surface area contributed by atoms with Gasteiger partial charge in [0.15, 0.2) is 0 Å². The largest absolute Gasteiger partial charge is 0.490 e. The first-order chi connectivity index (χ1) is 23.9. The van der Waals surface area contributed by atoms with E-state index < -0.39 is 23.8 Å². The number of alkyl halides is 3. The van der Waals surface area contributed by atoms with Crippen molar-refractivity contribution in [3.63, 3.8) is 0 Å². The van der Waals surface area contributed by atoms with Gasteiger partial charge < -0.3 is 20.8 Å². The van der Waals surface area contributed by atoms with Crippen molar-refractivity contribution in [1.29, 1.82) is 0 Å². The Hall–Kier alpha value is -4.67. The van der Waals surface area contributed by atoms with Gasteiger partial charge in [-0.05, 0) is 73.7 Å². The number of carboxylic acid groups (broad SMARTS) is 1. The minimum Gasteiger partial charge on any atom is -0.475 e. The average Bonchev–Trinajstić information content (AvgIpc) is 3.12. The minimum absolute atomic E-state index is 0.148. The monoisotopic (exact) mass is 689 g/mol. The Morgan fingerprint density at radius 3 is 1.54 bits per heavy atom. The number of carbonyl (C=O) groups excluding carboxylic acids is 1.